The zero-order valence-corrected chi connectivity index (χ0v) is 15.8. The molecule has 1 heterocycles. The zero-order valence-electron chi connectivity index (χ0n) is 14.9. The summed E-state index contributed by atoms with van der Waals surface area (Å²) >= 11 is 1.24. The minimum absolute atomic E-state index is 0.0743. The van der Waals surface area contributed by atoms with Crippen molar-refractivity contribution >= 4 is 33.3 Å². The number of rotatable bonds is 7. The van der Waals surface area contributed by atoms with Crippen LogP contribution in [0.25, 0.3) is 10.1 Å². The first kappa shape index (κ1) is 18.7. The third-order valence-electron chi connectivity index (χ3n) is 4.30. The van der Waals surface area contributed by atoms with Crippen molar-refractivity contribution in [1.82, 2.24) is 0 Å². The number of aryl methyl sites for hydroxylation is 1. The Hall–Kier alpha value is -3.06. The van der Waals surface area contributed by atoms with E-state index >= 15 is 0 Å². The van der Waals surface area contributed by atoms with Gasteiger partial charge >= 0.3 is 5.97 Å². The maximum atomic E-state index is 11.7. The molecular formula is C20H19NO5S. The molecule has 3 rings (SSSR count). The van der Waals surface area contributed by atoms with E-state index in [1.165, 1.54) is 24.5 Å². The fourth-order valence-corrected chi connectivity index (χ4v) is 4.08. The normalized spacial score (nSPS) is 10.7. The second-order valence-electron chi connectivity index (χ2n) is 5.88. The summed E-state index contributed by atoms with van der Waals surface area (Å²) in [5.74, 6) is -0.775. The van der Waals surface area contributed by atoms with Gasteiger partial charge in [0.15, 0.2) is 11.5 Å². The second kappa shape index (κ2) is 7.67. The number of fused-ring (bicyclic) bond motifs is 1. The number of methoxy groups -OCH3 is 1. The number of ether oxygens (including phenoxy) is 2. The molecule has 0 bridgehead atoms. The van der Waals surface area contributed by atoms with Crippen LogP contribution in [-0.2, 0) is 13.0 Å². The van der Waals surface area contributed by atoms with E-state index in [1.807, 2.05) is 25.1 Å². The summed E-state index contributed by atoms with van der Waals surface area (Å²) < 4.78 is 12.1. The number of carbonyl (C=O) groups is 2. The topological polar surface area (TPSA) is 98.9 Å². The maximum absolute atomic E-state index is 11.7. The van der Waals surface area contributed by atoms with E-state index < -0.39 is 11.9 Å². The Labute approximate surface area is 160 Å². The van der Waals surface area contributed by atoms with Crippen LogP contribution >= 0.6 is 11.3 Å². The Morgan fingerprint density at radius 2 is 1.96 bits per heavy atom. The van der Waals surface area contributed by atoms with Crippen molar-refractivity contribution in [2.24, 2.45) is 5.73 Å². The second-order valence-corrected chi connectivity index (χ2v) is 6.93. The first-order valence-electron chi connectivity index (χ1n) is 8.33. The van der Waals surface area contributed by atoms with E-state index in [-0.39, 0.29) is 11.5 Å². The summed E-state index contributed by atoms with van der Waals surface area (Å²) in [6.45, 7) is 2.11. The van der Waals surface area contributed by atoms with Crippen molar-refractivity contribution in [3.63, 3.8) is 0 Å². The minimum atomic E-state index is -0.979. The molecule has 3 N–H and O–H groups in total. The third-order valence-corrected chi connectivity index (χ3v) is 5.48. The summed E-state index contributed by atoms with van der Waals surface area (Å²) in [6.07, 6.45) is 0.788. The Bertz CT molecular complexity index is 1020. The molecule has 6 nitrogen and oxygen atoms in total. The van der Waals surface area contributed by atoms with Gasteiger partial charge in [-0.25, -0.2) is 4.79 Å². The molecule has 0 fully saturated rings. The number of benzene rings is 2. The molecule has 0 saturated heterocycles. The molecule has 1 aromatic heterocycles. The van der Waals surface area contributed by atoms with E-state index in [2.05, 4.69) is 0 Å². The van der Waals surface area contributed by atoms with Gasteiger partial charge < -0.3 is 20.3 Å². The smallest absolute Gasteiger partial charge is 0.346 e. The number of amides is 1. The van der Waals surface area contributed by atoms with Crippen molar-refractivity contribution in [2.45, 2.75) is 20.0 Å². The van der Waals surface area contributed by atoms with Crippen LogP contribution in [0.4, 0.5) is 0 Å². The van der Waals surface area contributed by atoms with Gasteiger partial charge in [0.1, 0.15) is 11.5 Å². The Balaban J connectivity index is 2.01. The lowest BCUT2D eigenvalue weighted by atomic mass is 10.0. The molecule has 2 aromatic carbocycles. The monoisotopic (exact) mass is 385 g/mol. The fraction of sp³-hybridized carbons (Fsp3) is 0.200. The standard InChI is InChI=1S/C20H19NO5S/c1-3-11-5-4-6-16-17(11)13(18(27-16)20(23)24)10-26-14-8-7-12(19(21)22)9-15(14)25-2/h4-9H,3,10H2,1-2H3,(H2,21,22)(H,23,24). The molecule has 0 aliphatic heterocycles. The Kier molecular flexibility index (Phi) is 5.32. The van der Waals surface area contributed by atoms with Gasteiger partial charge in [-0.1, -0.05) is 19.1 Å². The lowest BCUT2D eigenvalue weighted by Gasteiger charge is -2.12. The summed E-state index contributed by atoms with van der Waals surface area (Å²) in [4.78, 5) is 23.3. The van der Waals surface area contributed by atoms with Crippen LogP contribution in [-0.4, -0.2) is 24.1 Å². The first-order chi connectivity index (χ1) is 13.0. The number of aromatic carboxylic acids is 1. The lowest BCUT2D eigenvalue weighted by molar-refractivity contribution is 0.0699. The van der Waals surface area contributed by atoms with Gasteiger partial charge in [0.25, 0.3) is 0 Å². The minimum Gasteiger partial charge on any atom is -0.493 e. The number of nitrogens with two attached hydrogens (primary N) is 1. The highest BCUT2D eigenvalue weighted by atomic mass is 32.1. The summed E-state index contributed by atoms with van der Waals surface area (Å²) in [6, 6.07) is 10.5. The number of carboxylic acid groups (broad SMARTS) is 1. The van der Waals surface area contributed by atoms with Crippen LogP contribution in [0.3, 0.4) is 0 Å². The molecule has 0 aliphatic rings. The zero-order chi connectivity index (χ0) is 19.6. The van der Waals surface area contributed by atoms with Gasteiger partial charge in [-0.15, -0.1) is 11.3 Å². The van der Waals surface area contributed by atoms with Gasteiger partial charge in [-0.2, -0.15) is 0 Å². The SMILES string of the molecule is CCc1cccc2sc(C(=O)O)c(COc3ccc(C(N)=O)cc3OC)c12. The lowest BCUT2D eigenvalue weighted by Crippen LogP contribution is -2.11. The molecule has 0 aliphatic carbocycles. The van der Waals surface area contributed by atoms with E-state index in [0.29, 0.717) is 22.6 Å². The van der Waals surface area contributed by atoms with Crippen molar-refractivity contribution in [2.75, 3.05) is 7.11 Å². The number of thiophene rings is 1. The number of carbonyl (C=O) groups excluding carboxylic acids is 1. The summed E-state index contributed by atoms with van der Waals surface area (Å²) in [7, 11) is 1.46. The van der Waals surface area contributed by atoms with E-state index in [0.717, 1.165) is 22.1 Å². The fourth-order valence-electron chi connectivity index (χ4n) is 2.98. The molecule has 7 heteroatoms. The first-order valence-corrected chi connectivity index (χ1v) is 9.15. The number of carboxylic acids is 1. The van der Waals surface area contributed by atoms with Gasteiger partial charge in [0.05, 0.1) is 7.11 Å². The van der Waals surface area contributed by atoms with Gasteiger partial charge in [0.2, 0.25) is 5.91 Å². The highest BCUT2D eigenvalue weighted by Gasteiger charge is 2.20. The maximum Gasteiger partial charge on any atom is 0.346 e. The highest BCUT2D eigenvalue weighted by molar-refractivity contribution is 7.21. The van der Waals surface area contributed by atoms with Gasteiger partial charge in [0, 0.05) is 21.2 Å². The van der Waals surface area contributed by atoms with Gasteiger partial charge in [-0.05, 0) is 36.2 Å². The Morgan fingerprint density at radius 1 is 1.19 bits per heavy atom. The predicted molar refractivity (Wildman–Crippen MR) is 104 cm³/mol. The quantitative estimate of drug-likeness (QED) is 0.644. The average Bonchev–Trinajstić information content (AvgIpc) is 3.05. The molecule has 0 atom stereocenters. The number of hydrogen-bond donors (Lipinski definition) is 2. The van der Waals surface area contributed by atoms with E-state index in [1.54, 1.807) is 12.1 Å². The third kappa shape index (κ3) is 3.59. The van der Waals surface area contributed by atoms with Crippen molar-refractivity contribution in [3.8, 4) is 11.5 Å². The summed E-state index contributed by atoms with van der Waals surface area (Å²) in [5, 5.41) is 10.5. The predicted octanol–water partition coefficient (Wildman–Crippen LogP) is 3.85. The molecule has 140 valence electrons. The van der Waals surface area contributed by atoms with Crippen LogP contribution in [0.15, 0.2) is 36.4 Å². The van der Waals surface area contributed by atoms with Crippen LogP contribution in [0, 0.1) is 0 Å². The highest BCUT2D eigenvalue weighted by Crippen LogP contribution is 2.36. The molecule has 0 unspecified atom stereocenters. The van der Waals surface area contributed by atoms with Crippen molar-refractivity contribution in [3.05, 3.63) is 58.0 Å². The van der Waals surface area contributed by atoms with E-state index in [9.17, 15) is 14.7 Å². The Morgan fingerprint density at radius 3 is 2.59 bits per heavy atom. The van der Waals surface area contributed by atoms with Crippen LogP contribution in [0.5, 0.6) is 11.5 Å². The van der Waals surface area contributed by atoms with E-state index in [4.69, 9.17) is 15.2 Å². The van der Waals surface area contributed by atoms with Crippen molar-refractivity contribution in [1.29, 1.82) is 0 Å². The van der Waals surface area contributed by atoms with Crippen LogP contribution < -0.4 is 15.2 Å². The number of hydrogen-bond acceptors (Lipinski definition) is 5. The van der Waals surface area contributed by atoms with Crippen molar-refractivity contribution < 1.29 is 24.2 Å². The molecule has 0 spiro atoms. The summed E-state index contributed by atoms with van der Waals surface area (Å²) in [5.41, 5.74) is 7.31. The molecule has 0 saturated carbocycles. The van der Waals surface area contributed by atoms with Crippen LogP contribution in [0.1, 0.15) is 38.1 Å². The molecular weight excluding hydrogens is 366 g/mol. The largest absolute Gasteiger partial charge is 0.493 e. The van der Waals surface area contributed by atoms with Crippen LogP contribution in [0.2, 0.25) is 0 Å². The molecule has 3 aromatic rings. The molecule has 27 heavy (non-hydrogen) atoms. The average molecular weight is 385 g/mol. The molecule has 1 amide bonds. The molecule has 0 radical (unpaired) electrons. The number of primary amides is 1. The van der Waals surface area contributed by atoms with Gasteiger partial charge in [-0.3, -0.25) is 4.79 Å².